The normalized spacial score (nSPS) is 6.86. The lowest BCUT2D eigenvalue weighted by molar-refractivity contribution is -0.248. The van der Waals surface area contributed by atoms with Gasteiger partial charge < -0.3 is 5.32 Å². The van der Waals surface area contributed by atoms with Gasteiger partial charge in [-0.05, 0) is 14.1 Å². The van der Waals surface area contributed by atoms with Gasteiger partial charge in [0.05, 0.1) is 14.2 Å². The highest BCUT2D eigenvalue weighted by Gasteiger charge is 1.47. The van der Waals surface area contributed by atoms with Gasteiger partial charge in [0.1, 0.15) is 0 Å². The Hall–Kier alpha value is -0.120. The molecule has 0 rings (SSSR count). The fourth-order valence-electron chi connectivity index (χ4n) is 0. The molecule has 7 heavy (non-hydrogen) atoms. The molecule has 0 bridgehead atoms. The number of nitrogens with one attached hydrogen (secondary N) is 1. The van der Waals surface area contributed by atoms with Gasteiger partial charge in [0.25, 0.3) is 0 Å². The SMILES string of the molecule is CNC.COOC. The highest BCUT2D eigenvalue weighted by Crippen LogP contribution is 1.52. The Kier molecular flexibility index (Phi) is 24.1. The fourth-order valence-corrected chi connectivity index (χ4v) is 0. The molecule has 0 unspecified atom stereocenters. The van der Waals surface area contributed by atoms with Crippen molar-refractivity contribution in [3.63, 3.8) is 0 Å². The molecule has 0 aliphatic heterocycles. The summed E-state index contributed by atoms with van der Waals surface area (Å²) in [6.45, 7) is 0. The standard InChI is InChI=1S/C2H7N.C2H6O2/c1-3-2;1-3-4-2/h3H,1-2H3;1-2H3. The van der Waals surface area contributed by atoms with Gasteiger partial charge in [0, 0.05) is 0 Å². The maximum atomic E-state index is 4.04. The van der Waals surface area contributed by atoms with Crippen molar-refractivity contribution in [2.75, 3.05) is 28.3 Å². The van der Waals surface area contributed by atoms with Crippen LogP contribution in [0.25, 0.3) is 0 Å². The van der Waals surface area contributed by atoms with Gasteiger partial charge in [-0.3, -0.25) is 0 Å². The number of rotatable bonds is 1. The van der Waals surface area contributed by atoms with E-state index in [9.17, 15) is 0 Å². The van der Waals surface area contributed by atoms with Crippen LogP contribution in [-0.4, -0.2) is 28.3 Å². The second-order valence-electron chi connectivity index (χ2n) is 0.833. The van der Waals surface area contributed by atoms with Crippen molar-refractivity contribution in [3.8, 4) is 0 Å². The van der Waals surface area contributed by atoms with Crippen molar-refractivity contribution >= 4 is 0 Å². The molecule has 0 saturated carbocycles. The molecule has 0 atom stereocenters. The predicted molar refractivity (Wildman–Crippen MR) is 29.0 cm³/mol. The smallest absolute Gasteiger partial charge is 0.0712 e. The maximum absolute atomic E-state index is 4.04. The van der Waals surface area contributed by atoms with E-state index in [1.165, 1.54) is 14.2 Å². The Morgan fingerprint density at radius 2 is 1.14 bits per heavy atom. The molecule has 0 spiro atoms. The highest BCUT2D eigenvalue weighted by atomic mass is 17.2. The molecule has 46 valence electrons. The van der Waals surface area contributed by atoms with E-state index >= 15 is 0 Å². The molecule has 0 saturated heterocycles. The highest BCUT2D eigenvalue weighted by molar-refractivity contribution is 3.91. The lowest BCUT2D eigenvalue weighted by atomic mass is 11.3. The first kappa shape index (κ1) is 9.99. The summed E-state index contributed by atoms with van der Waals surface area (Å²) in [6, 6.07) is 0. The summed E-state index contributed by atoms with van der Waals surface area (Å²) < 4.78 is 0. The minimum absolute atomic E-state index is 1.46. The van der Waals surface area contributed by atoms with Crippen LogP contribution < -0.4 is 5.32 Å². The minimum Gasteiger partial charge on any atom is -0.323 e. The average molecular weight is 107 g/mol. The Balaban J connectivity index is 0. The molecule has 0 aromatic rings. The van der Waals surface area contributed by atoms with Crippen molar-refractivity contribution in [2.45, 2.75) is 0 Å². The average Bonchev–Trinajstić information content (AvgIpc) is 1.69. The summed E-state index contributed by atoms with van der Waals surface area (Å²) in [5.74, 6) is 0. The molecule has 0 aromatic carbocycles. The van der Waals surface area contributed by atoms with E-state index in [1.807, 2.05) is 14.1 Å². The summed E-state index contributed by atoms with van der Waals surface area (Å²) in [4.78, 5) is 8.08. The zero-order valence-corrected chi connectivity index (χ0v) is 5.32. The topological polar surface area (TPSA) is 30.5 Å². The molecule has 0 heterocycles. The Labute approximate surface area is 44.5 Å². The summed E-state index contributed by atoms with van der Waals surface area (Å²) in [5, 5.41) is 2.75. The van der Waals surface area contributed by atoms with Gasteiger partial charge in [-0.2, -0.15) is 0 Å². The van der Waals surface area contributed by atoms with Gasteiger partial charge >= 0.3 is 0 Å². The monoisotopic (exact) mass is 107 g/mol. The largest absolute Gasteiger partial charge is 0.323 e. The van der Waals surface area contributed by atoms with Gasteiger partial charge in [0.2, 0.25) is 0 Å². The molecule has 0 aromatic heterocycles. The third-order valence-corrected chi connectivity index (χ3v) is 0.167. The van der Waals surface area contributed by atoms with Crippen LogP contribution in [-0.2, 0) is 9.78 Å². The van der Waals surface area contributed by atoms with Crippen molar-refractivity contribution in [1.29, 1.82) is 0 Å². The van der Waals surface area contributed by atoms with E-state index in [-0.39, 0.29) is 0 Å². The zero-order valence-electron chi connectivity index (χ0n) is 5.32. The fraction of sp³-hybridized carbons (Fsp3) is 1.00. The first-order chi connectivity index (χ1) is 3.33. The van der Waals surface area contributed by atoms with Crippen LogP contribution in [0.5, 0.6) is 0 Å². The number of hydrogen-bond donors (Lipinski definition) is 1. The van der Waals surface area contributed by atoms with Gasteiger partial charge in [-0.1, -0.05) is 0 Å². The van der Waals surface area contributed by atoms with E-state index in [1.54, 1.807) is 0 Å². The van der Waals surface area contributed by atoms with Crippen LogP contribution in [0.15, 0.2) is 0 Å². The van der Waals surface area contributed by atoms with Crippen molar-refractivity contribution < 1.29 is 9.78 Å². The van der Waals surface area contributed by atoms with E-state index in [0.29, 0.717) is 0 Å². The van der Waals surface area contributed by atoms with Crippen LogP contribution in [0, 0.1) is 0 Å². The zero-order chi connectivity index (χ0) is 6.12. The van der Waals surface area contributed by atoms with Crippen LogP contribution in [0.4, 0.5) is 0 Å². The molecule has 0 aliphatic carbocycles. The summed E-state index contributed by atoms with van der Waals surface area (Å²) >= 11 is 0. The Bertz CT molecular complexity index is 17.2. The molecule has 0 fully saturated rings. The van der Waals surface area contributed by atoms with Crippen molar-refractivity contribution in [3.05, 3.63) is 0 Å². The first-order valence-electron chi connectivity index (χ1n) is 1.98. The third kappa shape index (κ3) is 114. The first-order valence-corrected chi connectivity index (χ1v) is 1.98. The van der Waals surface area contributed by atoms with Gasteiger partial charge in [-0.25, -0.2) is 9.78 Å². The molecule has 3 nitrogen and oxygen atoms in total. The third-order valence-electron chi connectivity index (χ3n) is 0.167. The van der Waals surface area contributed by atoms with Crippen LogP contribution in [0.1, 0.15) is 0 Å². The molecule has 0 radical (unpaired) electrons. The lowest BCUT2D eigenvalue weighted by Gasteiger charge is -1.78. The molecule has 0 amide bonds. The lowest BCUT2D eigenvalue weighted by Crippen LogP contribution is -1.89. The maximum Gasteiger partial charge on any atom is 0.0712 e. The Morgan fingerprint density at radius 3 is 1.14 bits per heavy atom. The Morgan fingerprint density at radius 1 is 1.00 bits per heavy atom. The predicted octanol–water partition coefficient (Wildman–Crippen LogP) is 0.0298. The molecular formula is C4H13NO2. The van der Waals surface area contributed by atoms with E-state index in [4.69, 9.17) is 0 Å². The van der Waals surface area contributed by atoms with E-state index in [2.05, 4.69) is 15.1 Å². The van der Waals surface area contributed by atoms with E-state index < -0.39 is 0 Å². The second-order valence-corrected chi connectivity index (χ2v) is 0.833. The van der Waals surface area contributed by atoms with Crippen molar-refractivity contribution in [1.82, 2.24) is 5.32 Å². The van der Waals surface area contributed by atoms with Crippen LogP contribution >= 0.6 is 0 Å². The van der Waals surface area contributed by atoms with Crippen LogP contribution in [0.3, 0.4) is 0 Å². The molecule has 1 N–H and O–H groups in total. The quantitative estimate of drug-likeness (QED) is 0.379. The molecule has 0 aliphatic rings. The van der Waals surface area contributed by atoms with Gasteiger partial charge in [-0.15, -0.1) is 0 Å². The minimum atomic E-state index is 1.46. The summed E-state index contributed by atoms with van der Waals surface area (Å²) in [7, 11) is 6.67. The molecular weight excluding hydrogens is 94.0 g/mol. The van der Waals surface area contributed by atoms with Gasteiger partial charge in [0.15, 0.2) is 0 Å². The molecule has 3 heteroatoms. The summed E-state index contributed by atoms with van der Waals surface area (Å²) in [5.41, 5.74) is 0. The number of hydrogen-bond acceptors (Lipinski definition) is 3. The van der Waals surface area contributed by atoms with E-state index in [0.717, 1.165) is 0 Å². The van der Waals surface area contributed by atoms with Crippen molar-refractivity contribution in [2.24, 2.45) is 0 Å². The second kappa shape index (κ2) is 16.9. The van der Waals surface area contributed by atoms with Crippen LogP contribution in [0.2, 0.25) is 0 Å². The summed E-state index contributed by atoms with van der Waals surface area (Å²) in [6.07, 6.45) is 0.